The standard InChI is InChI=1S/C45H80O15/c1-15-45(14,57-28-25-42(8,9)52)34(46)19-16-20-35(47)53-31-33(58-37(49)22-18-24-39(51)60-44(12,13)27-30-56-41(5,6)7)32-54-36(48)21-17-23-38(50)59-43(10,11)26-29-55-40(2,3)4/h33,52H,15-32H2,1-14H3. The summed E-state index contributed by atoms with van der Waals surface area (Å²) in [7, 11) is 0. The number of hydrogen-bond donors (Lipinski definition) is 1. The average Bonchev–Trinajstić information content (AvgIpc) is 3.06. The Morgan fingerprint density at radius 1 is 0.483 bits per heavy atom. The molecule has 0 bridgehead atoms. The van der Waals surface area contributed by atoms with Crippen LogP contribution in [0.3, 0.4) is 0 Å². The molecule has 0 radical (unpaired) electrons. The van der Waals surface area contributed by atoms with Gasteiger partial charge in [0, 0.05) is 51.4 Å². The minimum absolute atomic E-state index is 0.0220. The fourth-order valence-electron chi connectivity index (χ4n) is 5.22. The van der Waals surface area contributed by atoms with Crippen LogP contribution in [0, 0.1) is 0 Å². The van der Waals surface area contributed by atoms with E-state index >= 15 is 0 Å². The summed E-state index contributed by atoms with van der Waals surface area (Å²) in [5, 5.41) is 9.97. The molecule has 0 aromatic carbocycles. The van der Waals surface area contributed by atoms with E-state index in [1.54, 1.807) is 48.5 Å². The molecule has 0 aromatic rings. The molecule has 1 N–H and O–H groups in total. The summed E-state index contributed by atoms with van der Waals surface area (Å²) in [5.41, 5.74) is -4.16. The van der Waals surface area contributed by atoms with E-state index in [4.69, 9.17) is 37.9 Å². The smallest absolute Gasteiger partial charge is 0.306 e. The van der Waals surface area contributed by atoms with E-state index in [1.807, 2.05) is 48.5 Å². The maximum atomic E-state index is 13.0. The fraction of sp³-hybridized carbons (Fsp3) is 0.867. The molecule has 0 aromatic heterocycles. The van der Waals surface area contributed by atoms with Crippen LogP contribution in [0.1, 0.15) is 180 Å². The van der Waals surface area contributed by atoms with E-state index in [9.17, 15) is 33.9 Å². The number of carbonyl (C=O) groups is 6. The van der Waals surface area contributed by atoms with Crippen LogP contribution in [0.4, 0.5) is 0 Å². The van der Waals surface area contributed by atoms with Gasteiger partial charge in [0.25, 0.3) is 0 Å². The summed E-state index contributed by atoms with van der Waals surface area (Å²) < 4.78 is 44.6. The van der Waals surface area contributed by atoms with Gasteiger partial charge in [0.1, 0.15) is 30.0 Å². The maximum absolute atomic E-state index is 13.0. The number of rotatable bonds is 31. The van der Waals surface area contributed by atoms with Gasteiger partial charge >= 0.3 is 29.8 Å². The molecule has 0 aliphatic heterocycles. The Hall–Kier alpha value is -3.14. The number of hydrogen-bond acceptors (Lipinski definition) is 15. The minimum atomic E-state index is -1.16. The normalized spacial score (nSPS) is 14.1. The van der Waals surface area contributed by atoms with Crippen molar-refractivity contribution < 1.29 is 71.8 Å². The van der Waals surface area contributed by atoms with Gasteiger partial charge < -0.3 is 43.0 Å². The third-order valence-corrected chi connectivity index (χ3v) is 9.12. The Morgan fingerprint density at radius 3 is 1.23 bits per heavy atom. The second-order valence-electron chi connectivity index (χ2n) is 19.3. The van der Waals surface area contributed by atoms with Gasteiger partial charge in [0.2, 0.25) is 0 Å². The molecule has 0 aliphatic carbocycles. The van der Waals surface area contributed by atoms with Crippen LogP contribution < -0.4 is 0 Å². The first-order chi connectivity index (χ1) is 27.4. The predicted molar refractivity (Wildman–Crippen MR) is 225 cm³/mol. The zero-order chi connectivity index (χ0) is 46.4. The van der Waals surface area contributed by atoms with Crippen molar-refractivity contribution in [2.75, 3.05) is 33.0 Å². The molecule has 2 atom stereocenters. The Balaban J connectivity index is 5.21. The zero-order valence-corrected chi connectivity index (χ0v) is 39.5. The molecule has 350 valence electrons. The molecular weight excluding hydrogens is 780 g/mol. The van der Waals surface area contributed by atoms with E-state index < -0.39 is 71.6 Å². The molecule has 0 fully saturated rings. The van der Waals surface area contributed by atoms with Crippen molar-refractivity contribution in [1.82, 2.24) is 0 Å². The van der Waals surface area contributed by atoms with Gasteiger partial charge in [-0.15, -0.1) is 0 Å². The van der Waals surface area contributed by atoms with E-state index in [-0.39, 0.29) is 81.4 Å². The second kappa shape index (κ2) is 26.4. The lowest BCUT2D eigenvalue weighted by atomic mass is 9.93. The van der Waals surface area contributed by atoms with Gasteiger partial charge in [-0.3, -0.25) is 28.8 Å². The van der Waals surface area contributed by atoms with E-state index in [1.165, 1.54) is 0 Å². The van der Waals surface area contributed by atoms with Crippen LogP contribution >= 0.6 is 0 Å². The lowest BCUT2D eigenvalue weighted by Gasteiger charge is -2.29. The first-order valence-corrected chi connectivity index (χ1v) is 21.5. The molecule has 0 spiro atoms. The topological polar surface area (TPSA) is 196 Å². The van der Waals surface area contributed by atoms with Gasteiger partial charge in [-0.25, -0.2) is 0 Å². The number of esters is 5. The summed E-state index contributed by atoms with van der Waals surface area (Å²) in [4.78, 5) is 76.1. The first kappa shape index (κ1) is 56.9. The second-order valence-corrected chi connectivity index (χ2v) is 19.3. The molecule has 0 heterocycles. The number of ether oxygens (including phenoxy) is 8. The van der Waals surface area contributed by atoms with Crippen LogP contribution in [-0.4, -0.2) is 113 Å². The first-order valence-electron chi connectivity index (χ1n) is 21.5. The molecule has 0 aliphatic rings. The van der Waals surface area contributed by atoms with Gasteiger partial charge in [-0.05, 0) is 122 Å². The summed E-state index contributed by atoms with van der Waals surface area (Å²) in [6, 6.07) is 0. The number of carbonyl (C=O) groups excluding carboxylic acids is 6. The molecule has 0 saturated heterocycles. The van der Waals surface area contributed by atoms with E-state index in [0.717, 1.165) is 0 Å². The Labute approximate surface area is 359 Å². The molecule has 15 heteroatoms. The number of aliphatic hydroxyl groups is 1. The maximum Gasteiger partial charge on any atom is 0.306 e. The SMILES string of the molecule is CCC(C)(OCCC(C)(C)O)C(=O)CCCC(=O)OCC(COC(=O)CCCC(=O)OC(C)(C)CCOC(C)(C)C)OC(=O)CCCC(=O)OC(C)(C)CCOC(C)(C)C. The van der Waals surface area contributed by atoms with Crippen molar-refractivity contribution >= 4 is 35.6 Å². The summed E-state index contributed by atoms with van der Waals surface area (Å²) >= 11 is 0. The summed E-state index contributed by atoms with van der Waals surface area (Å²) in [6.45, 7) is 25.8. The minimum Gasteiger partial charge on any atom is -0.462 e. The van der Waals surface area contributed by atoms with Crippen LogP contribution in [-0.2, 0) is 66.7 Å². The Bertz CT molecular complexity index is 1330. The van der Waals surface area contributed by atoms with Crippen molar-refractivity contribution in [2.24, 2.45) is 0 Å². The van der Waals surface area contributed by atoms with Gasteiger partial charge in [0.15, 0.2) is 11.9 Å². The third kappa shape index (κ3) is 30.8. The summed E-state index contributed by atoms with van der Waals surface area (Å²) in [6.07, 6.45) is 0.666. The van der Waals surface area contributed by atoms with Crippen molar-refractivity contribution in [1.29, 1.82) is 0 Å². The largest absolute Gasteiger partial charge is 0.462 e. The van der Waals surface area contributed by atoms with Crippen LogP contribution in [0.2, 0.25) is 0 Å². The number of ketones is 1. The molecule has 60 heavy (non-hydrogen) atoms. The quantitative estimate of drug-likeness (QED) is 0.0532. The highest BCUT2D eigenvalue weighted by atomic mass is 16.6. The van der Waals surface area contributed by atoms with Crippen molar-refractivity contribution in [2.45, 2.75) is 220 Å². The fourth-order valence-corrected chi connectivity index (χ4v) is 5.22. The summed E-state index contributed by atoms with van der Waals surface area (Å²) in [5.74, 6) is -3.15. The van der Waals surface area contributed by atoms with Crippen LogP contribution in [0.15, 0.2) is 0 Å². The van der Waals surface area contributed by atoms with Crippen molar-refractivity contribution in [3.63, 3.8) is 0 Å². The Kier molecular flexibility index (Phi) is 25.0. The molecule has 0 rings (SSSR count). The van der Waals surface area contributed by atoms with Crippen LogP contribution in [0.5, 0.6) is 0 Å². The molecular formula is C45H80O15. The van der Waals surface area contributed by atoms with Gasteiger partial charge in [-0.2, -0.15) is 0 Å². The average molecular weight is 861 g/mol. The number of Topliss-reactive ketones (excluding diaryl/α,β-unsaturated/α-hetero) is 1. The van der Waals surface area contributed by atoms with E-state index in [2.05, 4.69) is 0 Å². The van der Waals surface area contributed by atoms with Crippen molar-refractivity contribution in [3.05, 3.63) is 0 Å². The zero-order valence-electron chi connectivity index (χ0n) is 39.5. The highest BCUT2D eigenvalue weighted by Crippen LogP contribution is 2.23. The molecule has 0 saturated carbocycles. The van der Waals surface area contributed by atoms with Gasteiger partial charge in [0.05, 0.1) is 36.6 Å². The van der Waals surface area contributed by atoms with Gasteiger partial charge in [-0.1, -0.05) is 6.92 Å². The molecule has 2 unspecified atom stereocenters. The van der Waals surface area contributed by atoms with Crippen LogP contribution in [0.25, 0.3) is 0 Å². The lowest BCUT2D eigenvalue weighted by Crippen LogP contribution is -2.39. The molecule has 15 nitrogen and oxygen atoms in total. The predicted octanol–water partition coefficient (Wildman–Crippen LogP) is 7.46. The Morgan fingerprint density at radius 2 is 0.850 bits per heavy atom. The monoisotopic (exact) mass is 861 g/mol. The highest BCUT2D eigenvalue weighted by molar-refractivity contribution is 5.87. The molecule has 0 amide bonds. The third-order valence-electron chi connectivity index (χ3n) is 9.12. The van der Waals surface area contributed by atoms with Crippen molar-refractivity contribution in [3.8, 4) is 0 Å². The van der Waals surface area contributed by atoms with E-state index in [0.29, 0.717) is 38.9 Å². The lowest BCUT2D eigenvalue weighted by molar-refractivity contribution is -0.167. The highest BCUT2D eigenvalue weighted by Gasteiger charge is 2.32.